The molecule has 0 aliphatic heterocycles. The fraction of sp³-hybridized carbons (Fsp3) is 0.579. The summed E-state index contributed by atoms with van der Waals surface area (Å²) in [6, 6.07) is 5.10. The van der Waals surface area contributed by atoms with Crippen molar-refractivity contribution in [2.24, 2.45) is 10.4 Å². The van der Waals surface area contributed by atoms with Gasteiger partial charge in [-0.2, -0.15) is 0 Å². The van der Waals surface area contributed by atoms with Crippen molar-refractivity contribution in [3.8, 4) is 11.5 Å². The van der Waals surface area contributed by atoms with Gasteiger partial charge < -0.3 is 25.4 Å². The Morgan fingerprint density at radius 3 is 2.58 bits per heavy atom. The minimum Gasteiger partial charge on any atom is -0.508 e. The molecule has 0 radical (unpaired) electrons. The van der Waals surface area contributed by atoms with Crippen LogP contribution in [0.3, 0.4) is 0 Å². The van der Waals surface area contributed by atoms with Gasteiger partial charge in [0, 0.05) is 39.8 Å². The number of carbonyl (C=O) groups excluding carboxylic acids is 1. The molecule has 1 saturated carbocycles. The molecule has 7 nitrogen and oxygen atoms in total. The second kappa shape index (κ2) is 8.78. The zero-order valence-electron chi connectivity index (χ0n) is 16.1. The van der Waals surface area contributed by atoms with Gasteiger partial charge in [0.1, 0.15) is 11.5 Å². The van der Waals surface area contributed by atoms with Crippen LogP contribution < -0.4 is 15.4 Å². The van der Waals surface area contributed by atoms with Gasteiger partial charge in [0.05, 0.1) is 12.5 Å². The summed E-state index contributed by atoms with van der Waals surface area (Å²) < 4.78 is 5.19. The molecule has 26 heavy (non-hydrogen) atoms. The van der Waals surface area contributed by atoms with Gasteiger partial charge in [0.25, 0.3) is 0 Å². The summed E-state index contributed by atoms with van der Waals surface area (Å²) in [5.74, 6) is 1.65. The number of carbonyl (C=O) groups is 1. The summed E-state index contributed by atoms with van der Waals surface area (Å²) in [7, 11) is 6.89. The van der Waals surface area contributed by atoms with Gasteiger partial charge >= 0.3 is 0 Å². The van der Waals surface area contributed by atoms with Crippen LogP contribution in [0.2, 0.25) is 0 Å². The number of phenolic OH excluding ortho intramolecular Hbond substituents is 1. The number of phenols is 1. The molecular formula is C19H30N4O3. The summed E-state index contributed by atoms with van der Waals surface area (Å²) >= 11 is 0. The number of methoxy groups -OCH3 is 1. The summed E-state index contributed by atoms with van der Waals surface area (Å²) in [6.45, 7) is 0.950. The average Bonchev–Trinajstić information content (AvgIpc) is 3.12. The van der Waals surface area contributed by atoms with Crippen LogP contribution in [0.1, 0.15) is 31.2 Å². The Morgan fingerprint density at radius 1 is 1.31 bits per heavy atom. The highest BCUT2D eigenvalue weighted by Gasteiger charge is 2.42. The molecule has 2 rings (SSSR count). The lowest BCUT2D eigenvalue weighted by Gasteiger charge is -2.31. The minimum absolute atomic E-state index is 0.170. The zero-order valence-corrected chi connectivity index (χ0v) is 16.1. The average molecular weight is 362 g/mol. The van der Waals surface area contributed by atoms with Crippen molar-refractivity contribution in [1.29, 1.82) is 0 Å². The van der Waals surface area contributed by atoms with E-state index < -0.39 is 0 Å². The van der Waals surface area contributed by atoms with Gasteiger partial charge in [-0.25, -0.2) is 0 Å². The van der Waals surface area contributed by atoms with E-state index in [1.807, 2.05) is 0 Å². The second-order valence-electron chi connectivity index (χ2n) is 6.96. The smallest absolute Gasteiger partial charge is 0.230 e. The number of benzene rings is 1. The molecule has 1 aromatic carbocycles. The van der Waals surface area contributed by atoms with Crippen LogP contribution in [0.25, 0.3) is 0 Å². The maximum Gasteiger partial charge on any atom is 0.230 e. The molecule has 0 atom stereocenters. The number of amides is 1. The molecule has 1 aliphatic carbocycles. The molecule has 1 fully saturated rings. The van der Waals surface area contributed by atoms with Crippen LogP contribution in [0.4, 0.5) is 0 Å². The second-order valence-corrected chi connectivity index (χ2v) is 6.96. The zero-order chi connectivity index (χ0) is 19.2. The number of aromatic hydroxyl groups is 1. The first-order chi connectivity index (χ1) is 12.4. The van der Waals surface area contributed by atoms with Crippen LogP contribution in [0.15, 0.2) is 23.2 Å². The maximum atomic E-state index is 12.6. The minimum atomic E-state index is -0.362. The van der Waals surface area contributed by atoms with Gasteiger partial charge in [-0.1, -0.05) is 12.8 Å². The first-order valence-corrected chi connectivity index (χ1v) is 8.94. The molecule has 144 valence electrons. The van der Waals surface area contributed by atoms with Gasteiger partial charge in [-0.05, 0) is 31.0 Å². The van der Waals surface area contributed by atoms with Gasteiger partial charge in [-0.15, -0.1) is 0 Å². The molecule has 0 heterocycles. The van der Waals surface area contributed by atoms with Crippen LogP contribution in [0.5, 0.6) is 11.5 Å². The van der Waals surface area contributed by atoms with Crippen molar-refractivity contribution < 1.29 is 14.6 Å². The fourth-order valence-electron chi connectivity index (χ4n) is 3.48. The van der Waals surface area contributed by atoms with E-state index in [4.69, 9.17) is 4.74 Å². The van der Waals surface area contributed by atoms with Crippen molar-refractivity contribution >= 4 is 11.9 Å². The normalized spacial score (nSPS) is 16.2. The number of nitrogens with one attached hydrogen (secondary N) is 2. The van der Waals surface area contributed by atoms with E-state index in [1.54, 1.807) is 51.4 Å². The number of guanidine groups is 1. The number of hydrogen-bond donors (Lipinski definition) is 3. The van der Waals surface area contributed by atoms with E-state index in [9.17, 15) is 9.90 Å². The lowest BCUT2D eigenvalue weighted by Crippen LogP contribution is -2.49. The Bertz CT molecular complexity index is 652. The number of aliphatic imine (C=N–C) groups is 1. The van der Waals surface area contributed by atoms with E-state index in [0.29, 0.717) is 30.4 Å². The van der Waals surface area contributed by atoms with Crippen molar-refractivity contribution in [3.05, 3.63) is 23.8 Å². The monoisotopic (exact) mass is 362 g/mol. The summed E-state index contributed by atoms with van der Waals surface area (Å²) in [5, 5.41) is 16.5. The summed E-state index contributed by atoms with van der Waals surface area (Å²) in [4.78, 5) is 18.5. The highest BCUT2D eigenvalue weighted by atomic mass is 16.5. The fourth-order valence-corrected chi connectivity index (χ4v) is 3.48. The number of hydrogen-bond acceptors (Lipinski definition) is 4. The van der Waals surface area contributed by atoms with Crippen LogP contribution in [-0.4, -0.2) is 56.7 Å². The molecule has 3 N–H and O–H groups in total. The summed E-state index contributed by atoms with van der Waals surface area (Å²) in [6.07, 6.45) is 3.94. The SMILES string of the molecule is CN=C(NCc1cc(OC)ccc1O)NCC1(C(=O)N(C)C)CCCC1. The predicted octanol–water partition coefficient (Wildman–Crippen LogP) is 1.71. The number of nitrogens with zero attached hydrogens (tertiary/aromatic N) is 2. The van der Waals surface area contributed by atoms with Crippen LogP contribution in [0, 0.1) is 5.41 Å². The molecule has 0 bridgehead atoms. The van der Waals surface area contributed by atoms with E-state index in [-0.39, 0.29) is 17.1 Å². The van der Waals surface area contributed by atoms with Crippen LogP contribution >= 0.6 is 0 Å². The standard InChI is InChI=1S/C19H30N4O3/c1-20-18(21-12-14-11-15(26-4)7-8-16(14)24)22-13-19(9-5-6-10-19)17(25)23(2)3/h7-8,11,24H,5-6,9-10,12-13H2,1-4H3,(H2,20,21,22). The first kappa shape index (κ1) is 19.9. The first-order valence-electron chi connectivity index (χ1n) is 8.94. The van der Waals surface area contributed by atoms with Gasteiger partial charge in [0.2, 0.25) is 5.91 Å². The molecular weight excluding hydrogens is 332 g/mol. The molecule has 7 heteroatoms. The Morgan fingerprint density at radius 2 is 2.00 bits per heavy atom. The lowest BCUT2D eigenvalue weighted by molar-refractivity contribution is -0.138. The Labute approximate surface area is 155 Å². The summed E-state index contributed by atoms with van der Waals surface area (Å²) in [5.41, 5.74) is 0.353. The highest BCUT2D eigenvalue weighted by Crippen LogP contribution is 2.38. The van der Waals surface area contributed by atoms with E-state index in [0.717, 1.165) is 25.7 Å². The van der Waals surface area contributed by atoms with E-state index in [2.05, 4.69) is 15.6 Å². The Hall–Kier alpha value is -2.44. The van der Waals surface area contributed by atoms with Crippen molar-refractivity contribution in [1.82, 2.24) is 15.5 Å². The predicted molar refractivity (Wildman–Crippen MR) is 102 cm³/mol. The molecule has 0 spiro atoms. The Balaban J connectivity index is 1.98. The molecule has 1 aromatic rings. The molecule has 1 amide bonds. The van der Waals surface area contributed by atoms with Crippen molar-refractivity contribution in [3.63, 3.8) is 0 Å². The number of ether oxygens (including phenoxy) is 1. The number of rotatable bonds is 6. The third-order valence-electron chi connectivity index (χ3n) is 4.97. The highest BCUT2D eigenvalue weighted by molar-refractivity contribution is 5.85. The van der Waals surface area contributed by atoms with Gasteiger partial charge in [0.15, 0.2) is 5.96 Å². The quantitative estimate of drug-likeness (QED) is 0.530. The lowest BCUT2D eigenvalue weighted by atomic mass is 9.84. The van der Waals surface area contributed by atoms with E-state index >= 15 is 0 Å². The Kier molecular flexibility index (Phi) is 6.71. The maximum absolute atomic E-state index is 12.6. The van der Waals surface area contributed by atoms with Crippen molar-refractivity contribution in [2.45, 2.75) is 32.2 Å². The molecule has 1 aliphatic rings. The van der Waals surface area contributed by atoms with Crippen molar-refractivity contribution in [2.75, 3.05) is 34.8 Å². The van der Waals surface area contributed by atoms with E-state index in [1.165, 1.54) is 0 Å². The topological polar surface area (TPSA) is 86.2 Å². The molecule has 0 aromatic heterocycles. The largest absolute Gasteiger partial charge is 0.508 e. The molecule has 0 unspecified atom stereocenters. The molecule has 0 saturated heterocycles. The van der Waals surface area contributed by atoms with Gasteiger partial charge in [-0.3, -0.25) is 9.79 Å². The third-order valence-corrected chi connectivity index (χ3v) is 4.97. The third kappa shape index (κ3) is 4.59. The van der Waals surface area contributed by atoms with Crippen LogP contribution in [-0.2, 0) is 11.3 Å².